The van der Waals surface area contributed by atoms with Crippen LogP contribution in [0.3, 0.4) is 0 Å². The number of alkyl halides is 3. The number of carboxylic acids is 1. The van der Waals surface area contributed by atoms with E-state index in [2.05, 4.69) is 4.74 Å². The highest BCUT2D eigenvalue weighted by molar-refractivity contribution is 5.71. The van der Waals surface area contributed by atoms with Gasteiger partial charge in [0, 0.05) is 0 Å². The van der Waals surface area contributed by atoms with Gasteiger partial charge in [-0.15, -0.1) is 0 Å². The molecule has 0 aliphatic rings. The minimum absolute atomic E-state index is 0.0403. The third-order valence-corrected chi connectivity index (χ3v) is 1.66. The molecule has 0 fully saturated rings. The second-order valence-corrected chi connectivity index (χ2v) is 3.43. The summed E-state index contributed by atoms with van der Waals surface area (Å²) in [5.41, 5.74) is 0. The van der Waals surface area contributed by atoms with Crippen molar-refractivity contribution in [3.05, 3.63) is 0 Å². The van der Waals surface area contributed by atoms with E-state index in [1.165, 1.54) is 0 Å². The van der Waals surface area contributed by atoms with Gasteiger partial charge in [0.2, 0.25) is 0 Å². The Labute approximate surface area is 91.3 Å². The Morgan fingerprint density at radius 1 is 1.31 bits per heavy atom. The summed E-state index contributed by atoms with van der Waals surface area (Å²) in [6, 6.07) is 0. The van der Waals surface area contributed by atoms with Gasteiger partial charge in [-0.05, 0) is 13.8 Å². The van der Waals surface area contributed by atoms with Gasteiger partial charge < -0.3 is 14.6 Å². The van der Waals surface area contributed by atoms with Crippen molar-refractivity contribution >= 4 is 5.97 Å². The first-order valence-electron chi connectivity index (χ1n) is 4.74. The zero-order chi connectivity index (χ0) is 12.8. The fourth-order valence-electron chi connectivity index (χ4n) is 0.850. The summed E-state index contributed by atoms with van der Waals surface area (Å²) >= 11 is 0. The van der Waals surface area contributed by atoms with Gasteiger partial charge in [-0.1, -0.05) is 0 Å². The molecule has 0 heterocycles. The summed E-state index contributed by atoms with van der Waals surface area (Å²) in [6.45, 7) is 2.74. The van der Waals surface area contributed by atoms with Crippen LogP contribution in [0.15, 0.2) is 0 Å². The van der Waals surface area contributed by atoms with Crippen LogP contribution >= 0.6 is 0 Å². The van der Waals surface area contributed by atoms with E-state index in [0.29, 0.717) is 0 Å². The normalized spacial score (nSPS) is 14.1. The topological polar surface area (TPSA) is 55.8 Å². The summed E-state index contributed by atoms with van der Waals surface area (Å²) in [6.07, 6.45) is -4.83. The molecule has 0 rings (SSSR count). The van der Waals surface area contributed by atoms with Crippen molar-refractivity contribution in [2.45, 2.75) is 26.1 Å². The number of halogens is 3. The van der Waals surface area contributed by atoms with Crippen molar-refractivity contribution in [3.63, 3.8) is 0 Å². The van der Waals surface area contributed by atoms with Crippen LogP contribution in [0, 0.1) is 5.92 Å². The molecule has 0 saturated carbocycles. The predicted octanol–water partition coefficient (Wildman–Crippen LogP) is 1.69. The summed E-state index contributed by atoms with van der Waals surface area (Å²) in [5.74, 6) is -4.41. The molecule has 1 N–H and O–H groups in total. The van der Waals surface area contributed by atoms with Crippen LogP contribution in [0.4, 0.5) is 13.2 Å². The molecular formula is C9H15F3O4. The van der Waals surface area contributed by atoms with E-state index in [1.807, 2.05) is 0 Å². The van der Waals surface area contributed by atoms with E-state index >= 15 is 0 Å². The minimum Gasteiger partial charge on any atom is -0.481 e. The minimum atomic E-state index is -4.79. The van der Waals surface area contributed by atoms with E-state index in [0.717, 1.165) is 0 Å². The maximum atomic E-state index is 12.1. The molecule has 0 aliphatic carbocycles. The lowest BCUT2D eigenvalue weighted by molar-refractivity contribution is -0.203. The standard InChI is InChI=1S/C9H15F3O4/c1-6(2)16-4-3-15-5-7(8(13)14)9(10,11)12/h6-7H,3-5H2,1-2H3,(H,13,14). The predicted molar refractivity (Wildman–Crippen MR) is 49.1 cm³/mol. The van der Waals surface area contributed by atoms with Crippen molar-refractivity contribution in [2.75, 3.05) is 19.8 Å². The number of ether oxygens (including phenoxy) is 2. The third kappa shape index (κ3) is 6.62. The van der Waals surface area contributed by atoms with Crippen molar-refractivity contribution in [3.8, 4) is 0 Å². The summed E-state index contributed by atoms with van der Waals surface area (Å²) in [5, 5.41) is 8.32. The number of hydrogen-bond acceptors (Lipinski definition) is 3. The van der Waals surface area contributed by atoms with E-state index in [-0.39, 0.29) is 19.3 Å². The van der Waals surface area contributed by atoms with Crippen molar-refractivity contribution in [1.82, 2.24) is 0 Å². The second-order valence-electron chi connectivity index (χ2n) is 3.43. The first-order chi connectivity index (χ1) is 7.25. The fourth-order valence-corrected chi connectivity index (χ4v) is 0.850. The zero-order valence-electron chi connectivity index (χ0n) is 9.08. The molecule has 0 aliphatic heterocycles. The van der Waals surface area contributed by atoms with E-state index < -0.39 is 24.7 Å². The molecular weight excluding hydrogens is 229 g/mol. The van der Waals surface area contributed by atoms with Crippen LogP contribution in [0.1, 0.15) is 13.8 Å². The molecule has 1 unspecified atom stereocenters. The number of carbonyl (C=O) groups is 1. The number of rotatable bonds is 7. The first kappa shape index (κ1) is 15.2. The van der Waals surface area contributed by atoms with Crippen LogP contribution in [-0.4, -0.2) is 43.2 Å². The lowest BCUT2D eigenvalue weighted by atomic mass is 10.1. The molecule has 0 radical (unpaired) electrons. The highest BCUT2D eigenvalue weighted by Gasteiger charge is 2.45. The summed E-state index contributed by atoms with van der Waals surface area (Å²) in [4.78, 5) is 10.3. The average Bonchev–Trinajstić information content (AvgIpc) is 2.07. The van der Waals surface area contributed by atoms with E-state index in [1.54, 1.807) is 13.8 Å². The molecule has 4 nitrogen and oxygen atoms in total. The van der Waals surface area contributed by atoms with Crippen molar-refractivity contribution < 1.29 is 32.5 Å². The zero-order valence-corrected chi connectivity index (χ0v) is 9.08. The highest BCUT2D eigenvalue weighted by Crippen LogP contribution is 2.26. The number of hydrogen-bond donors (Lipinski definition) is 1. The smallest absolute Gasteiger partial charge is 0.404 e. The summed E-state index contributed by atoms with van der Waals surface area (Å²) < 4.78 is 46.0. The Kier molecular flexibility index (Phi) is 6.35. The van der Waals surface area contributed by atoms with Gasteiger partial charge in [0.15, 0.2) is 5.92 Å². The van der Waals surface area contributed by atoms with Gasteiger partial charge in [0.1, 0.15) is 0 Å². The van der Waals surface area contributed by atoms with Crippen LogP contribution < -0.4 is 0 Å². The molecule has 0 saturated heterocycles. The van der Waals surface area contributed by atoms with Crippen LogP contribution in [-0.2, 0) is 14.3 Å². The third-order valence-electron chi connectivity index (χ3n) is 1.66. The monoisotopic (exact) mass is 244 g/mol. The second kappa shape index (κ2) is 6.70. The lowest BCUT2D eigenvalue weighted by Crippen LogP contribution is -2.34. The van der Waals surface area contributed by atoms with Gasteiger partial charge in [-0.3, -0.25) is 4.79 Å². The first-order valence-corrected chi connectivity index (χ1v) is 4.74. The fraction of sp³-hybridized carbons (Fsp3) is 0.889. The van der Waals surface area contributed by atoms with Crippen molar-refractivity contribution in [2.24, 2.45) is 5.92 Å². The Balaban J connectivity index is 3.83. The maximum Gasteiger partial charge on any atom is 0.404 e. The SMILES string of the molecule is CC(C)OCCOCC(C(=O)O)C(F)(F)F. The maximum absolute atomic E-state index is 12.1. The molecule has 0 bridgehead atoms. The van der Waals surface area contributed by atoms with Gasteiger partial charge >= 0.3 is 12.1 Å². The molecule has 96 valence electrons. The highest BCUT2D eigenvalue weighted by atomic mass is 19.4. The van der Waals surface area contributed by atoms with E-state index in [4.69, 9.17) is 9.84 Å². The molecule has 7 heteroatoms. The Hall–Kier alpha value is -0.820. The number of aliphatic carboxylic acids is 1. The van der Waals surface area contributed by atoms with Gasteiger partial charge in [-0.25, -0.2) is 0 Å². The Bertz CT molecular complexity index is 215. The number of carboxylic acid groups (broad SMARTS) is 1. The Morgan fingerprint density at radius 3 is 2.25 bits per heavy atom. The van der Waals surface area contributed by atoms with Crippen LogP contribution in [0.2, 0.25) is 0 Å². The summed E-state index contributed by atoms with van der Waals surface area (Å²) in [7, 11) is 0. The molecule has 0 aromatic rings. The quantitative estimate of drug-likeness (QED) is 0.692. The van der Waals surface area contributed by atoms with Crippen molar-refractivity contribution in [1.29, 1.82) is 0 Å². The van der Waals surface area contributed by atoms with Crippen LogP contribution in [0.5, 0.6) is 0 Å². The lowest BCUT2D eigenvalue weighted by Gasteiger charge is -2.16. The van der Waals surface area contributed by atoms with Gasteiger partial charge in [0.25, 0.3) is 0 Å². The van der Waals surface area contributed by atoms with Gasteiger partial charge in [-0.2, -0.15) is 13.2 Å². The molecule has 1 atom stereocenters. The molecule has 0 aromatic carbocycles. The molecule has 16 heavy (non-hydrogen) atoms. The Morgan fingerprint density at radius 2 is 1.88 bits per heavy atom. The molecule has 0 spiro atoms. The largest absolute Gasteiger partial charge is 0.481 e. The average molecular weight is 244 g/mol. The molecule has 0 amide bonds. The van der Waals surface area contributed by atoms with E-state index in [9.17, 15) is 18.0 Å². The molecule has 0 aromatic heterocycles. The van der Waals surface area contributed by atoms with Crippen LogP contribution in [0.25, 0.3) is 0 Å². The van der Waals surface area contributed by atoms with Gasteiger partial charge in [0.05, 0.1) is 25.9 Å².